The minimum absolute atomic E-state index is 0.224. The second-order valence-electron chi connectivity index (χ2n) is 5.79. The number of rotatable bonds is 8. The van der Waals surface area contributed by atoms with Crippen LogP contribution in [0, 0.1) is 0 Å². The van der Waals surface area contributed by atoms with Crippen molar-refractivity contribution in [2.24, 2.45) is 4.99 Å². The number of guanidine groups is 1. The lowest BCUT2D eigenvalue weighted by Gasteiger charge is -2.12. The normalized spacial score (nSPS) is 11.8. The van der Waals surface area contributed by atoms with Crippen LogP contribution in [-0.4, -0.2) is 50.6 Å². The van der Waals surface area contributed by atoms with Gasteiger partial charge in [0.25, 0.3) is 5.91 Å². The van der Waals surface area contributed by atoms with Crippen molar-refractivity contribution < 1.29 is 22.7 Å². The van der Waals surface area contributed by atoms with Gasteiger partial charge in [0.05, 0.1) is 12.1 Å². The summed E-state index contributed by atoms with van der Waals surface area (Å²) in [6, 6.07) is 6.82. The number of hydrogen-bond acceptors (Lipinski definition) is 5. The molecule has 0 atom stereocenters. The number of carbonyl (C=O) groups excluding carboxylic acids is 1. The largest absolute Gasteiger partial charge is 0.497 e. The van der Waals surface area contributed by atoms with Crippen molar-refractivity contribution >= 4 is 23.2 Å². The van der Waals surface area contributed by atoms with E-state index in [1.54, 1.807) is 31.3 Å². The summed E-state index contributed by atoms with van der Waals surface area (Å²) in [5.41, 5.74) is -0.375. The topological polar surface area (TPSA) is 87.6 Å². The first-order valence-corrected chi connectivity index (χ1v) is 9.60. The summed E-state index contributed by atoms with van der Waals surface area (Å²) < 4.78 is 42.7. The number of alkyl halides is 3. The molecule has 2 rings (SSSR count). The van der Waals surface area contributed by atoms with Gasteiger partial charge in [-0.2, -0.15) is 13.2 Å². The highest BCUT2D eigenvalue weighted by atomic mass is 32.1. The van der Waals surface area contributed by atoms with Gasteiger partial charge >= 0.3 is 6.18 Å². The highest BCUT2D eigenvalue weighted by Crippen LogP contribution is 2.29. The van der Waals surface area contributed by atoms with E-state index in [0.717, 1.165) is 16.7 Å². The lowest BCUT2D eigenvalue weighted by atomic mass is 10.2. The first-order valence-electron chi connectivity index (χ1n) is 8.72. The van der Waals surface area contributed by atoms with Crippen molar-refractivity contribution in [1.82, 2.24) is 20.9 Å². The van der Waals surface area contributed by atoms with E-state index >= 15 is 0 Å². The smallest absolute Gasteiger partial charge is 0.434 e. The number of halogens is 3. The fourth-order valence-corrected chi connectivity index (χ4v) is 3.09. The molecule has 0 aliphatic heterocycles. The fourth-order valence-electron chi connectivity index (χ4n) is 2.29. The van der Waals surface area contributed by atoms with Crippen LogP contribution in [0.2, 0.25) is 0 Å². The second-order valence-corrected chi connectivity index (χ2v) is 6.73. The molecule has 0 aliphatic rings. The summed E-state index contributed by atoms with van der Waals surface area (Å²) in [7, 11) is 3.11. The molecule has 29 heavy (non-hydrogen) atoms. The summed E-state index contributed by atoms with van der Waals surface area (Å²) in [5, 5.41) is 10.2. The van der Waals surface area contributed by atoms with Gasteiger partial charge in [0.1, 0.15) is 5.75 Å². The molecular weight excluding hydrogens is 407 g/mol. The minimum atomic E-state index is -4.42. The monoisotopic (exact) mass is 429 g/mol. The van der Waals surface area contributed by atoms with Gasteiger partial charge in [-0.1, -0.05) is 6.07 Å². The standard InChI is InChI=1S/C18H22F3N5O2S/c1-22-17(24-7-6-15-26-14(11-29-15)18(19,20)21)25-9-8-23-16(27)12-4-3-5-13(10-12)28-2/h3-5,10-11H,6-9H2,1-2H3,(H,23,27)(H2,22,24,25). The average molecular weight is 429 g/mol. The number of methoxy groups -OCH3 is 1. The van der Waals surface area contributed by atoms with E-state index in [-0.39, 0.29) is 5.91 Å². The van der Waals surface area contributed by atoms with Crippen LogP contribution in [0.25, 0.3) is 0 Å². The molecule has 0 saturated heterocycles. The summed E-state index contributed by atoms with van der Waals surface area (Å²) >= 11 is 0.973. The molecule has 0 radical (unpaired) electrons. The number of aromatic nitrogens is 1. The quantitative estimate of drug-likeness (QED) is 0.341. The lowest BCUT2D eigenvalue weighted by Crippen LogP contribution is -2.42. The second kappa shape index (κ2) is 10.6. The molecule has 0 bridgehead atoms. The molecule has 3 N–H and O–H groups in total. The molecule has 11 heteroatoms. The summed E-state index contributed by atoms with van der Waals surface area (Å²) in [6.07, 6.45) is -4.08. The average Bonchev–Trinajstić information content (AvgIpc) is 3.19. The highest BCUT2D eigenvalue weighted by Gasteiger charge is 2.33. The van der Waals surface area contributed by atoms with Crippen molar-refractivity contribution in [3.8, 4) is 5.75 Å². The predicted octanol–water partition coefficient (Wildman–Crippen LogP) is 2.31. The molecule has 2 aromatic rings. The zero-order valence-corrected chi connectivity index (χ0v) is 16.8. The highest BCUT2D eigenvalue weighted by molar-refractivity contribution is 7.09. The Balaban J connectivity index is 1.68. The molecule has 7 nitrogen and oxygen atoms in total. The number of ether oxygens (including phenoxy) is 1. The fraction of sp³-hybridized carbons (Fsp3) is 0.389. The first kappa shape index (κ1) is 22.5. The van der Waals surface area contributed by atoms with Crippen LogP contribution < -0.4 is 20.7 Å². The van der Waals surface area contributed by atoms with Crippen LogP contribution in [0.5, 0.6) is 5.75 Å². The van der Waals surface area contributed by atoms with E-state index in [2.05, 4.69) is 25.9 Å². The molecule has 1 aromatic carbocycles. The SMILES string of the molecule is CN=C(NCCNC(=O)c1cccc(OC)c1)NCCc1nc(C(F)(F)F)cs1. The first-order chi connectivity index (χ1) is 13.8. The third-order valence-electron chi connectivity index (χ3n) is 3.73. The molecule has 0 fully saturated rings. The summed E-state index contributed by atoms with van der Waals surface area (Å²) in [6.45, 7) is 1.16. The van der Waals surface area contributed by atoms with E-state index in [1.807, 2.05) is 0 Å². The van der Waals surface area contributed by atoms with Crippen LogP contribution in [-0.2, 0) is 12.6 Å². The molecule has 0 aliphatic carbocycles. The Labute approximate surface area is 170 Å². The van der Waals surface area contributed by atoms with Crippen LogP contribution >= 0.6 is 11.3 Å². The van der Waals surface area contributed by atoms with Gasteiger partial charge < -0.3 is 20.7 Å². The van der Waals surface area contributed by atoms with E-state index in [9.17, 15) is 18.0 Å². The number of carbonyl (C=O) groups is 1. The Bertz CT molecular complexity index is 839. The summed E-state index contributed by atoms with van der Waals surface area (Å²) in [4.78, 5) is 19.7. The third kappa shape index (κ3) is 7.26. The number of hydrogen-bond donors (Lipinski definition) is 3. The third-order valence-corrected chi connectivity index (χ3v) is 4.64. The van der Waals surface area contributed by atoms with Crippen molar-refractivity contribution in [1.29, 1.82) is 0 Å². The summed E-state index contributed by atoms with van der Waals surface area (Å²) in [5.74, 6) is 0.856. The number of thiazole rings is 1. The van der Waals surface area contributed by atoms with Gasteiger partial charge in [0.15, 0.2) is 11.7 Å². The van der Waals surface area contributed by atoms with Gasteiger partial charge in [0.2, 0.25) is 0 Å². The lowest BCUT2D eigenvalue weighted by molar-refractivity contribution is -0.140. The molecule has 1 amide bonds. The van der Waals surface area contributed by atoms with Gasteiger partial charge in [-0.3, -0.25) is 9.79 Å². The van der Waals surface area contributed by atoms with Gasteiger partial charge in [-0.05, 0) is 18.2 Å². The Hall–Kier alpha value is -2.82. The van der Waals surface area contributed by atoms with Crippen molar-refractivity contribution in [2.75, 3.05) is 33.8 Å². The maximum absolute atomic E-state index is 12.5. The zero-order chi connectivity index (χ0) is 21.3. The van der Waals surface area contributed by atoms with Crippen molar-refractivity contribution in [3.63, 3.8) is 0 Å². The Morgan fingerprint density at radius 1 is 1.21 bits per heavy atom. The van der Waals surface area contributed by atoms with E-state index < -0.39 is 11.9 Å². The number of nitrogens with one attached hydrogen (secondary N) is 3. The van der Waals surface area contributed by atoms with E-state index in [1.165, 1.54) is 7.11 Å². The van der Waals surface area contributed by atoms with Gasteiger partial charge in [0, 0.05) is 44.0 Å². The molecule has 0 saturated carbocycles. The van der Waals surface area contributed by atoms with Gasteiger partial charge in [-0.25, -0.2) is 4.98 Å². The minimum Gasteiger partial charge on any atom is -0.497 e. The number of amides is 1. The van der Waals surface area contributed by atoms with Gasteiger partial charge in [-0.15, -0.1) is 11.3 Å². The van der Waals surface area contributed by atoms with Crippen LogP contribution in [0.4, 0.5) is 13.2 Å². The van der Waals surface area contributed by atoms with E-state index in [0.29, 0.717) is 48.3 Å². The Kier molecular flexibility index (Phi) is 8.25. The Morgan fingerprint density at radius 2 is 1.93 bits per heavy atom. The van der Waals surface area contributed by atoms with Crippen LogP contribution in [0.15, 0.2) is 34.6 Å². The maximum atomic E-state index is 12.5. The van der Waals surface area contributed by atoms with Crippen molar-refractivity contribution in [3.05, 3.63) is 45.9 Å². The molecule has 1 heterocycles. The molecule has 0 unspecified atom stereocenters. The van der Waals surface area contributed by atoms with Crippen LogP contribution in [0.1, 0.15) is 21.1 Å². The molecular formula is C18H22F3N5O2S. The number of aliphatic imine (C=N–C) groups is 1. The molecule has 1 aromatic heterocycles. The molecule has 0 spiro atoms. The van der Waals surface area contributed by atoms with Crippen molar-refractivity contribution in [2.45, 2.75) is 12.6 Å². The predicted molar refractivity (Wildman–Crippen MR) is 106 cm³/mol. The van der Waals surface area contributed by atoms with Crippen LogP contribution in [0.3, 0.4) is 0 Å². The number of benzene rings is 1. The van der Waals surface area contributed by atoms with E-state index in [4.69, 9.17) is 4.74 Å². The molecule has 158 valence electrons. The number of nitrogens with zero attached hydrogens (tertiary/aromatic N) is 2. The maximum Gasteiger partial charge on any atom is 0.434 e. The zero-order valence-electron chi connectivity index (χ0n) is 16.0. The Morgan fingerprint density at radius 3 is 2.59 bits per heavy atom.